The zero-order valence-electron chi connectivity index (χ0n) is 17.8. The lowest BCUT2D eigenvalue weighted by atomic mass is 10.1. The van der Waals surface area contributed by atoms with Crippen molar-refractivity contribution in [2.45, 2.75) is 26.2 Å². The number of carbonyl (C=O) groups is 1. The Morgan fingerprint density at radius 2 is 1.63 bits per heavy atom. The van der Waals surface area contributed by atoms with Crippen molar-refractivity contribution in [1.82, 2.24) is 14.9 Å². The zero-order chi connectivity index (χ0) is 20.9. The summed E-state index contributed by atoms with van der Waals surface area (Å²) in [6.07, 6.45) is 3.74. The second-order valence-corrected chi connectivity index (χ2v) is 7.85. The van der Waals surface area contributed by atoms with Crippen molar-refractivity contribution in [2.75, 3.05) is 61.5 Å². The molecule has 1 N–H and O–H groups in total. The summed E-state index contributed by atoms with van der Waals surface area (Å²) < 4.78 is 5.16. The molecular formula is C22H30N6O2. The number of benzene rings is 1. The Labute approximate surface area is 177 Å². The van der Waals surface area contributed by atoms with Crippen LogP contribution < -0.4 is 19.9 Å². The molecule has 0 saturated carbocycles. The number of aromatic nitrogens is 2. The van der Waals surface area contributed by atoms with Gasteiger partial charge in [0, 0.05) is 56.7 Å². The smallest absolute Gasteiger partial charge is 0.321 e. The minimum absolute atomic E-state index is 0.0843. The molecule has 0 unspecified atom stereocenters. The SMILES string of the molecule is COc1ccc(NC(=O)N2CCN(c3nc(C)cc(N4CCCCC4)n3)CC2)cc1. The van der Waals surface area contributed by atoms with E-state index in [0.717, 1.165) is 55.1 Å². The number of rotatable bonds is 4. The highest BCUT2D eigenvalue weighted by Crippen LogP contribution is 2.22. The molecule has 2 saturated heterocycles. The Kier molecular flexibility index (Phi) is 6.21. The van der Waals surface area contributed by atoms with Gasteiger partial charge in [-0.2, -0.15) is 4.98 Å². The maximum Gasteiger partial charge on any atom is 0.321 e. The van der Waals surface area contributed by atoms with E-state index in [1.165, 1.54) is 19.3 Å². The Morgan fingerprint density at radius 3 is 2.30 bits per heavy atom. The molecule has 8 nitrogen and oxygen atoms in total. The van der Waals surface area contributed by atoms with Crippen LogP contribution in [0.4, 0.5) is 22.2 Å². The first kappa shape index (κ1) is 20.3. The second kappa shape index (κ2) is 9.19. The number of amides is 2. The number of hydrogen-bond donors (Lipinski definition) is 1. The van der Waals surface area contributed by atoms with Gasteiger partial charge in [-0.05, 0) is 50.5 Å². The third-order valence-electron chi connectivity index (χ3n) is 5.70. The van der Waals surface area contributed by atoms with E-state index in [2.05, 4.69) is 26.2 Å². The number of nitrogens with one attached hydrogen (secondary N) is 1. The molecule has 0 spiro atoms. The van der Waals surface area contributed by atoms with Crippen molar-refractivity contribution in [3.05, 3.63) is 36.0 Å². The fraction of sp³-hybridized carbons (Fsp3) is 0.500. The number of hydrogen-bond acceptors (Lipinski definition) is 6. The summed E-state index contributed by atoms with van der Waals surface area (Å²) in [4.78, 5) is 28.5. The molecule has 1 aromatic heterocycles. The molecule has 3 heterocycles. The highest BCUT2D eigenvalue weighted by atomic mass is 16.5. The van der Waals surface area contributed by atoms with E-state index in [-0.39, 0.29) is 6.03 Å². The number of nitrogens with zero attached hydrogens (tertiary/aromatic N) is 5. The number of ether oxygens (including phenoxy) is 1. The Balaban J connectivity index is 1.35. The van der Waals surface area contributed by atoms with Gasteiger partial charge in [0.2, 0.25) is 5.95 Å². The van der Waals surface area contributed by atoms with E-state index in [1.807, 2.05) is 36.1 Å². The van der Waals surface area contributed by atoms with E-state index in [9.17, 15) is 4.79 Å². The van der Waals surface area contributed by atoms with Gasteiger partial charge in [-0.15, -0.1) is 0 Å². The molecule has 160 valence electrons. The summed E-state index contributed by atoms with van der Waals surface area (Å²) in [6, 6.07) is 9.35. The maximum atomic E-state index is 12.6. The lowest BCUT2D eigenvalue weighted by molar-refractivity contribution is 0.208. The topological polar surface area (TPSA) is 73.8 Å². The van der Waals surface area contributed by atoms with Crippen molar-refractivity contribution < 1.29 is 9.53 Å². The van der Waals surface area contributed by atoms with Crippen LogP contribution in [-0.4, -0.2) is 67.3 Å². The van der Waals surface area contributed by atoms with Gasteiger partial charge in [-0.25, -0.2) is 9.78 Å². The Hall–Kier alpha value is -3.03. The summed E-state index contributed by atoms with van der Waals surface area (Å²) in [6.45, 7) is 6.87. The van der Waals surface area contributed by atoms with Crippen molar-refractivity contribution in [2.24, 2.45) is 0 Å². The summed E-state index contributed by atoms with van der Waals surface area (Å²) in [5.74, 6) is 2.56. The first-order chi connectivity index (χ1) is 14.6. The molecule has 2 fully saturated rings. The van der Waals surface area contributed by atoms with Crippen LogP contribution in [0, 0.1) is 6.92 Å². The Bertz CT molecular complexity index is 858. The molecule has 2 aromatic rings. The average Bonchev–Trinajstić information content (AvgIpc) is 2.80. The third kappa shape index (κ3) is 4.75. The fourth-order valence-electron chi connectivity index (χ4n) is 3.95. The van der Waals surface area contributed by atoms with Gasteiger partial charge in [-0.3, -0.25) is 0 Å². The normalized spacial score (nSPS) is 17.1. The second-order valence-electron chi connectivity index (χ2n) is 7.85. The number of piperazine rings is 1. The van der Waals surface area contributed by atoms with Gasteiger partial charge in [0.25, 0.3) is 0 Å². The summed E-state index contributed by atoms with van der Waals surface area (Å²) in [5.41, 5.74) is 1.75. The molecular weight excluding hydrogens is 380 g/mol. The van der Waals surface area contributed by atoms with Crippen LogP contribution in [0.1, 0.15) is 25.0 Å². The predicted molar refractivity (Wildman–Crippen MR) is 119 cm³/mol. The largest absolute Gasteiger partial charge is 0.497 e. The van der Waals surface area contributed by atoms with Crippen molar-refractivity contribution in [1.29, 1.82) is 0 Å². The minimum atomic E-state index is -0.0843. The summed E-state index contributed by atoms with van der Waals surface area (Å²) >= 11 is 0. The van der Waals surface area contributed by atoms with Crippen LogP contribution in [0.3, 0.4) is 0 Å². The van der Waals surface area contributed by atoms with Gasteiger partial charge in [-0.1, -0.05) is 0 Å². The van der Waals surface area contributed by atoms with Gasteiger partial charge in [0.05, 0.1) is 7.11 Å². The molecule has 2 aliphatic heterocycles. The lowest BCUT2D eigenvalue weighted by Gasteiger charge is -2.35. The minimum Gasteiger partial charge on any atom is -0.497 e. The van der Waals surface area contributed by atoms with Crippen LogP contribution in [0.2, 0.25) is 0 Å². The van der Waals surface area contributed by atoms with Crippen LogP contribution in [0.25, 0.3) is 0 Å². The molecule has 1 aromatic carbocycles. The van der Waals surface area contributed by atoms with Crippen LogP contribution in [0.15, 0.2) is 30.3 Å². The number of methoxy groups -OCH3 is 1. The molecule has 30 heavy (non-hydrogen) atoms. The molecule has 2 aliphatic rings. The first-order valence-electron chi connectivity index (χ1n) is 10.7. The number of aryl methyl sites for hydroxylation is 1. The van der Waals surface area contributed by atoms with Gasteiger partial charge in [0.15, 0.2) is 0 Å². The van der Waals surface area contributed by atoms with E-state index in [4.69, 9.17) is 9.72 Å². The first-order valence-corrected chi connectivity index (χ1v) is 10.7. The summed E-state index contributed by atoms with van der Waals surface area (Å²) in [5, 5.41) is 2.95. The highest BCUT2D eigenvalue weighted by molar-refractivity contribution is 5.89. The fourth-order valence-corrected chi connectivity index (χ4v) is 3.95. The van der Waals surface area contributed by atoms with E-state index >= 15 is 0 Å². The van der Waals surface area contributed by atoms with Gasteiger partial charge >= 0.3 is 6.03 Å². The zero-order valence-corrected chi connectivity index (χ0v) is 17.8. The molecule has 0 aliphatic carbocycles. The quantitative estimate of drug-likeness (QED) is 0.835. The lowest BCUT2D eigenvalue weighted by Crippen LogP contribution is -2.50. The van der Waals surface area contributed by atoms with Crippen LogP contribution >= 0.6 is 0 Å². The number of carbonyl (C=O) groups excluding carboxylic acids is 1. The van der Waals surface area contributed by atoms with Gasteiger partial charge < -0.3 is 24.8 Å². The van der Waals surface area contributed by atoms with Gasteiger partial charge in [0.1, 0.15) is 11.6 Å². The molecule has 0 atom stereocenters. The monoisotopic (exact) mass is 410 g/mol. The third-order valence-corrected chi connectivity index (χ3v) is 5.70. The van der Waals surface area contributed by atoms with Crippen molar-refractivity contribution in [3.8, 4) is 5.75 Å². The van der Waals surface area contributed by atoms with Crippen molar-refractivity contribution >= 4 is 23.5 Å². The van der Waals surface area contributed by atoms with Crippen LogP contribution in [-0.2, 0) is 0 Å². The highest BCUT2D eigenvalue weighted by Gasteiger charge is 2.24. The number of piperidine rings is 1. The molecule has 8 heteroatoms. The predicted octanol–water partition coefficient (Wildman–Crippen LogP) is 3.14. The molecule has 0 radical (unpaired) electrons. The molecule has 4 rings (SSSR count). The van der Waals surface area contributed by atoms with E-state index in [0.29, 0.717) is 13.1 Å². The molecule has 2 amide bonds. The van der Waals surface area contributed by atoms with Crippen molar-refractivity contribution in [3.63, 3.8) is 0 Å². The Morgan fingerprint density at radius 1 is 0.933 bits per heavy atom. The number of anilines is 3. The maximum absolute atomic E-state index is 12.6. The van der Waals surface area contributed by atoms with E-state index in [1.54, 1.807) is 7.11 Å². The standard InChI is InChI=1S/C22H30N6O2/c1-17-16-20(26-10-4-3-5-11-26)25-21(23-17)27-12-14-28(15-13-27)22(29)24-18-6-8-19(30-2)9-7-18/h6-9,16H,3-5,10-15H2,1-2H3,(H,24,29). The van der Waals surface area contributed by atoms with E-state index < -0.39 is 0 Å². The molecule has 0 bridgehead atoms. The average molecular weight is 411 g/mol. The number of urea groups is 1. The van der Waals surface area contributed by atoms with Crippen LogP contribution in [0.5, 0.6) is 5.75 Å². The summed E-state index contributed by atoms with van der Waals surface area (Å²) in [7, 11) is 1.63.